The maximum atomic E-state index is 5.66. The molecule has 0 bridgehead atoms. The minimum absolute atomic E-state index is 0.352. The van der Waals surface area contributed by atoms with Gasteiger partial charge in [0.05, 0.1) is 33.0 Å². The van der Waals surface area contributed by atoms with Crippen LogP contribution in [-0.2, 0) is 14.2 Å². The summed E-state index contributed by atoms with van der Waals surface area (Å²) < 4.78 is 15.7. The predicted octanol–water partition coefficient (Wildman–Crippen LogP) is -0.691. The summed E-state index contributed by atoms with van der Waals surface area (Å²) >= 11 is 0. The Labute approximate surface area is 91.5 Å². The molecule has 1 fully saturated rings. The van der Waals surface area contributed by atoms with Gasteiger partial charge in [0.25, 0.3) is 0 Å². The minimum atomic E-state index is 0.352. The van der Waals surface area contributed by atoms with Crippen molar-refractivity contribution >= 4 is 0 Å². The molecule has 0 saturated carbocycles. The Morgan fingerprint density at radius 2 is 2.27 bits per heavy atom. The zero-order valence-corrected chi connectivity index (χ0v) is 9.48. The van der Waals surface area contributed by atoms with Crippen molar-refractivity contribution < 1.29 is 14.2 Å². The summed E-state index contributed by atoms with van der Waals surface area (Å²) in [4.78, 5) is 2.33. The molecule has 15 heavy (non-hydrogen) atoms. The third-order valence-electron chi connectivity index (χ3n) is 2.58. The van der Waals surface area contributed by atoms with Gasteiger partial charge < -0.3 is 19.9 Å². The SMILES string of the molecule is COCCOCCN1CCOCC1CN. The van der Waals surface area contributed by atoms with Crippen LogP contribution < -0.4 is 5.73 Å². The molecule has 1 aliphatic heterocycles. The molecule has 0 aliphatic carbocycles. The van der Waals surface area contributed by atoms with E-state index in [1.807, 2.05) is 0 Å². The summed E-state index contributed by atoms with van der Waals surface area (Å²) in [6, 6.07) is 0.352. The summed E-state index contributed by atoms with van der Waals surface area (Å²) in [5, 5.41) is 0. The fourth-order valence-electron chi connectivity index (χ4n) is 1.63. The topological polar surface area (TPSA) is 57.0 Å². The smallest absolute Gasteiger partial charge is 0.0700 e. The molecule has 5 nitrogen and oxygen atoms in total. The maximum Gasteiger partial charge on any atom is 0.0700 e. The first-order valence-electron chi connectivity index (χ1n) is 5.47. The monoisotopic (exact) mass is 218 g/mol. The van der Waals surface area contributed by atoms with Gasteiger partial charge in [-0.1, -0.05) is 0 Å². The predicted molar refractivity (Wildman–Crippen MR) is 57.9 cm³/mol. The molecule has 0 spiro atoms. The van der Waals surface area contributed by atoms with E-state index in [9.17, 15) is 0 Å². The van der Waals surface area contributed by atoms with Gasteiger partial charge in [0, 0.05) is 32.8 Å². The number of nitrogens with two attached hydrogens (primary N) is 1. The highest BCUT2D eigenvalue weighted by atomic mass is 16.5. The first-order chi connectivity index (χ1) is 7.38. The highest BCUT2D eigenvalue weighted by Gasteiger charge is 2.20. The second-order valence-electron chi connectivity index (χ2n) is 3.61. The second-order valence-corrected chi connectivity index (χ2v) is 3.61. The van der Waals surface area contributed by atoms with Gasteiger partial charge in [0.15, 0.2) is 0 Å². The molecule has 1 atom stereocenters. The van der Waals surface area contributed by atoms with Crippen molar-refractivity contribution in [3.05, 3.63) is 0 Å². The molecular weight excluding hydrogens is 196 g/mol. The van der Waals surface area contributed by atoms with Crippen LogP contribution >= 0.6 is 0 Å². The van der Waals surface area contributed by atoms with E-state index in [0.29, 0.717) is 25.8 Å². The molecule has 90 valence electrons. The van der Waals surface area contributed by atoms with Gasteiger partial charge in [-0.2, -0.15) is 0 Å². The van der Waals surface area contributed by atoms with Crippen LogP contribution in [0.4, 0.5) is 0 Å². The minimum Gasteiger partial charge on any atom is -0.382 e. The van der Waals surface area contributed by atoms with Gasteiger partial charge in [0.2, 0.25) is 0 Å². The van der Waals surface area contributed by atoms with E-state index < -0.39 is 0 Å². The number of ether oxygens (including phenoxy) is 3. The van der Waals surface area contributed by atoms with Crippen LogP contribution in [0, 0.1) is 0 Å². The number of hydrogen-bond acceptors (Lipinski definition) is 5. The van der Waals surface area contributed by atoms with Crippen molar-refractivity contribution in [2.75, 3.05) is 59.8 Å². The quantitative estimate of drug-likeness (QED) is 0.573. The first kappa shape index (κ1) is 12.9. The molecule has 1 rings (SSSR count). The first-order valence-corrected chi connectivity index (χ1v) is 5.47. The van der Waals surface area contributed by atoms with Crippen LogP contribution in [-0.4, -0.2) is 70.7 Å². The number of rotatable bonds is 7. The summed E-state index contributed by atoms with van der Waals surface area (Å²) in [5.74, 6) is 0. The van der Waals surface area contributed by atoms with E-state index in [1.165, 1.54) is 0 Å². The molecule has 2 N–H and O–H groups in total. The number of morpholine rings is 1. The molecular formula is C10H22N2O3. The van der Waals surface area contributed by atoms with E-state index in [2.05, 4.69) is 4.90 Å². The lowest BCUT2D eigenvalue weighted by Crippen LogP contribution is -2.50. The largest absolute Gasteiger partial charge is 0.382 e. The van der Waals surface area contributed by atoms with Crippen LogP contribution in [0.2, 0.25) is 0 Å². The molecule has 5 heteroatoms. The molecule has 1 aliphatic rings. The van der Waals surface area contributed by atoms with Crippen molar-refractivity contribution in [3.8, 4) is 0 Å². The lowest BCUT2D eigenvalue weighted by atomic mass is 10.2. The Morgan fingerprint density at radius 3 is 3.00 bits per heavy atom. The Hall–Kier alpha value is -0.200. The molecule has 1 saturated heterocycles. The third kappa shape index (κ3) is 4.90. The van der Waals surface area contributed by atoms with Crippen molar-refractivity contribution in [1.82, 2.24) is 4.90 Å². The highest BCUT2D eigenvalue weighted by Crippen LogP contribution is 2.04. The van der Waals surface area contributed by atoms with Gasteiger partial charge in [-0.05, 0) is 0 Å². The van der Waals surface area contributed by atoms with Crippen molar-refractivity contribution in [2.24, 2.45) is 5.73 Å². The highest BCUT2D eigenvalue weighted by molar-refractivity contribution is 4.75. The Kier molecular flexibility index (Phi) is 6.87. The van der Waals surface area contributed by atoms with E-state index >= 15 is 0 Å². The Balaban J connectivity index is 2.07. The molecule has 0 radical (unpaired) electrons. The van der Waals surface area contributed by atoms with Gasteiger partial charge >= 0.3 is 0 Å². The average molecular weight is 218 g/mol. The molecule has 0 amide bonds. The number of methoxy groups -OCH3 is 1. The molecule has 0 aromatic rings. The van der Waals surface area contributed by atoms with Gasteiger partial charge in [-0.25, -0.2) is 0 Å². The summed E-state index contributed by atoms with van der Waals surface area (Å²) in [6.07, 6.45) is 0. The molecule has 0 aromatic heterocycles. The Bertz CT molecular complexity index is 158. The van der Waals surface area contributed by atoms with Gasteiger partial charge in [-0.3, -0.25) is 4.90 Å². The van der Waals surface area contributed by atoms with Crippen LogP contribution in [0.15, 0.2) is 0 Å². The van der Waals surface area contributed by atoms with Crippen LogP contribution in [0.3, 0.4) is 0 Å². The maximum absolute atomic E-state index is 5.66. The standard InChI is InChI=1S/C10H22N2O3/c1-13-6-7-14-4-2-12-3-5-15-9-10(12)8-11/h10H,2-9,11H2,1H3. The number of hydrogen-bond donors (Lipinski definition) is 1. The van der Waals surface area contributed by atoms with Crippen molar-refractivity contribution in [1.29, 1.82) is 0 Å². The summed E-state index contributed by atoms with van der Waals surface area (Å²) in [6.45, 7) is 6.13. The fourth-order valence-corrected chi connectivity index (χ4v) is 1.63. The van der Waals surface area contributed by atoms with Crippen molar-refractivity contribution in [3.63, 3.8) is 0 Å². The lowest BCUT2D eigenvalue weighted by Gasteiger charge is -2.34. The lowest BCUT2D eigenvalue weighted by molar-refractivity contribution is -0.0204. The van der Waals surface area contributed by atoms with E-state index in [4.69, 9.17) is 19.9 Å². The second kappa shape index (κ2) is 8.01. The molecule has 1 unspecified atom stereocenters. The normalized spacial score (nSPS) is 23.2. The fraction of sp³-hybridized carbons (Fsp3) is 1.00. The zero-order valence-electron chi connectivity index (χ0n) is 9.48. The van der Waals surface area contributed by atoms with E-state index in [-0.39, 0.29) is 0 Å². The summed E-state index contributed by atoms with van der Waals surface area (Å²) in [7, 11) is 1.68. The van der Waals surface area contributed by atoms with Crippen molar-refractivity contribution in [2.45, 2.75) is 6.04 Å². The summed E-state index contributed by atoms with van der Waals surface area (Å²) in [5.41, 5.74) is 5.66. The third-order valence-corrected chi connectivity index (χ3v) is 2.58. The van der Waals surface area contributed by atoms with E-state index in [1.54, 1.807) is 7.11 Å². The average Bonchev–Trinajstić information content (AvgIpc) is 2.29. The van der Waals surface area contributed by atoms with Crippen LogP contribution in [0.25, 0.3) is 0 Å². The van der Waals surface area contributed by atoms with Gasteiger partial charge in [0.1, 0.15) is 0 Å². The molecule has 1 heterocycles. The zero-order chi connectivity index (χ0) is 10.9. The van der Waals surface area contributed by atoms with E-state index in [0.717, 1.165) is 32.9 Å². The van der Waals surface area contributed by atoms with Gasteiger partial charge in [-0.15, -0.1) is 0 Å². The Morgan fingerprint density at radius 1 is 1.40 bits per heavy atom. The molecule has 0 aromatic carbocycles. The van der Waals surface area contributed by atoms with Crippen LogP contribution in [0.1, 0.15) is 0 Å². The number of nitrogens with zero attached hydrogens (tertiary/aromatic N) is 1. The van der Waals surface area contributed by atoms with Crippen LogP contribution in [0.5, 0.6) is 0 Å².